The van der Waals surface area contributed by atoms with Crippen molar-refractivity contribution in [1.82, 2.24) is 0 Å². The molecule has 0 radical (unpaired) electrons. The maximum atomic E-state index is 13.4. The van der Waals surface area contributed by atoms with Gasteiger partial charge < -0.3 is 13.3 Å². The van der Waals surface area contributed by atoms with Gasteiger partial charge in [0, 0.05) is 19.6 Å². The van der Waals surface area contributed by atoms with E-state index in [1.807, 2.05) is 0 Å². The molecule has 1 unspecified atom stereocenters. The molecule has 0 spiro atoms. The summed E-state index contributed by atoms with van der Waals surface area (Å²) < 4.78 is 104. The molecule has 11 heteroatoms. The van der Waals surface area contributed by atoms with Gasteiger partial charge in [0.15, 0.2) is 0 Å². The third-order valence-electron chi connectivity index (χ3n) is 3.65. The van der Waals surface area contributed by atoms with Gasteiger partial charge in [-0.25, -0.2) is 0 Å². The molecule has 0 aliphatic heterocycles. The number of hydrogen-bond acceptors (Lipinski definition) is 3. The summed E-state index contributed by atoms with van der Waals surface area (Å²) >= 11 is 0. The van der Waals surface area contributed by atoms with Crippen molar-refractivity contribution < 1.29 is 44.0 Å². The van der Waals surface area contributed by atoms with E-state index in [9.17, 15) is 30.7 Å². The molecule has 0 fully saturated rings. The van der Waals surface area contributed by atoms with E-state index in [1.165, 1.54) is 6.92 Å². The van der Waals surface area contributed by atoms with Gasteiger partial charge in [-0.15, -0.1) is 0 Å². The zero-order valence-corrected chi connectivity index (χ0v) is 16.9. The highest BCUT2D eigenvalue weighted by molar-refractivity contribution is 6.60. The Labute approximate surface area is 156 Å². The fraction of sp³-hybridized carbons (Fsp3) is 1.00. The molecule has 164 valence electrons. The molecule has 0 aromatic heterocycles. The monoisotopic (exact) mass is 430 g/mol. The van der Waals surface area contributed by atoms with Crippen molar-refractivity contribution in [3.8, 4) is 0 Å². The van der Waals surface area contributed by atoms with Crippen molar-refractivity contribution in [3.05, 3.63) is 0 Å². The van der Waals surface area contributed by atoms with E-state index in [0.717, 1.165) is 32.1 Å². The zero-order valence-electron chi connectivity index (χ0n) is 15.9. The molecule has 0 aromatic carbocycles. The Balaban J connectivity index is 4.96. The van der Waals surface area contributed by atoms with E-state index >= 15 is 0 Å². The number of alkyl halides is 7. The Hall–Kier alpha value is -0.393. The fourth-order valence-corrected chi connectivity index (χ4v) is 5.16. The van der Waals surface area contributed by atoms with E-state index < -0.39 is 39.8 Å². The third kappa shape index (κ3) is 11.3. The van der Waals surface area contributed by atoms with Crippen LogP contribution in [0.3, 0.4) is 0 Å². The topological polar surface area (TPSA) is 27.7 Å². The average Bonchev–Trinajstić information content (AvgIpc) is 2.47. The van der Waals surface area contributed by atoms with Crippen LogP contribution in [-0.2, 0) is 13.3 Å². The van der Waals surface area contributed by atoms with Gasteiger partial charge in [-0.05, 0) is 13.3 Å². The minimum absolute atomic E-state index is 0.0873. The van der Waals surface area contributed by atoms with E-state index in [1.54, 1.807) is 0 Å². The second kappa shape index (κ2) is 11.6. The van der Waals surface area contributed by atoms with Crippen LogP contribution < -0.4 is 0 Å². The number of halogens is 7. The van der Waals surface area contributed by atoms with Gasteiger partial charge in [0.1, 0.15) is 0 Å². The molecule has 0 aliphatic rings. The van der Waals surface area contributed by atoms with E-state index in [4.69, 9.17) is 4.43 Å². The van der Waals surface area contributed by atoms with Gasteiger partial charge in [0.05, 0.1) is 0 Å². The second-order valence-electron chi connectivity index (χ2n) is 6.37. The first-order valence-electron chi connectivity index (χ1n) is 9.15. The first-order valence-corrected chi connectivity index (χ1v) is 11.1. The summed E-state index contributed by atoms with van der Waals surface area (Å²) in [5, 5.41) is 0. The molecule has 0 N–H and O–H groups in total. The molecule has 0 bridgehead atoms. The van der Waals surface area contributed by atoms with Crippen LogP contribution in [0, 0.1) is 0 Å². The van der Waals surface area contributed by atoms with Crippen molar-refractivity contribution in [1.29, 1.82) is 0 Å². The highest BCUT2D eigenvalue weighted by atomic mass is 28.4. The molecule has 0 aromatic rings. The summed E-state index contributed by atoms with van der Waals surface area (Å²) in [5.41, 5.74) is 0. The van der Waals surface area contributed by atoms with Crippen LogP contribution in [0.25, 0.3) is 0 Å². The molecule has 0 aliphatic carbocycles. The van der Waals surface area contributed by atoms with Gasteiger partial charge in [-0.2, -0.15) is 30.7 Å². The molecule has 0 saturated carbocycles. The Morgan fingerprint density at radius 1 is 0.704 bits per heavy atom. The average molecular weight is 430 g/mol. The lowest BCUT2D eigenvalue weighted by molar-refractivity contribution is -0.377. The van der Waals surface area contributed by atoms with Gasteiger partial charge in [-0.1, -0.05) is 51.9 Å². The highest BCUT2D eigenvalue weighted by Crippen LogP contribution is 2.41. The lowest BCUT2D eigenvalue weighted by Gasteiger charge is -2.34. The molecule has 3 nitrogen and oxygen atoms in total. The molecule has 1 atom stereocenters. The molecule has 0 heterocycles. The lowest BCUT2D eigenvalue weighted by atomic mass is 10.1. The Morgan fingerprint density at radius 2 is 1.19 bits per heavy atom. The predicted octanol–water partition coefficient (Wildman–Crippen LogP) is 6.90. The van der Waals surface area contributed by atoms with Crippen LogP contribution >= 0.6 is 0 Å². The minimum atomic E-state index is -6.06. The standard InChI is InChI=1S/C16H29F7O3Si/c1-4-6-7-8-9-10-11-12-13-27(24-5-2,25-14(3,17)18)26-16(22,23)15(19,20)21/h4-13H2,1-3H3. The molecule has 0 rings (SSSR count). The lowest BCUT2D eigenvalue weighted by Crippen LogP contribution is -2.57. The first kappa shape index (κ1) is 26.6. The molecular formula is C16H29F7O3Si. The van der Waals surface area contributed by atoms with Crippen molar-refractivity contribution in [2.75, 3.05) is 6.61 Å². The molecule has 0 saturated heterocycles. The second-order valence-corrected chi connectivity index (χ2v) is 8.93. The summed E-state index contributed by atoms with van der Waals surface area (Å²) in [6.07, 6.45) is -9.33. The van der Waals surface area contributed by atoms with Crippen LogP contribution in [0.1, 0.15) is 72.1 Å². The SMILES string of the molecule is CCCCCCCCCC[Si](OCC)(OC(C)(F)F)OC(F)(F)C(F)(F)F. The van der Waals surface area contributed by atoms with E-state index in [0.29, 0.717) is 12.8 Å². The van der Waals surface area contributed by atoms with Crippen molar-refractivity contribution >= 4 is 8.80 Å². The largest absolute Gasteiger partial charge is 0.509 e. The van der Waals surface area contributed by atoms with Crippen LogP contribution in [0.4, 0.5) is 30.7 Å². The predicted molar refractivity (Wildman–Crippen MR) is 88.6 cm³/mol. The van der Waals surface area contributed by atoms with Crippen LogP contribution in [0.15, 0.2) is 0 Å². The minimum Gasteiger partial charge on any atom is -0.374 e. The maximum Gasteiger partial charge on any atom is 0.509 e. The molecule has 27 heavy (non-hydrogen) atoms. The normalized spacial score (nSPS) is 15.8. The summed E-state index contributed by atoms with van der Waals surface area (Å²) in [6.45, 7) is 3.20. The maximum absolute atomic E-state index is 13.4. The summed E-state index contributed by atoms with van der Waals surface area (Å²) in [4.78, 5) is 0. The Kier molecular flexibility index (Phi) is 11.4. The van der Waals surface area contributed by atoms with Crippen LogP contribution in [0.2, 0.25) is 6.04 Å². The van der Waals surface area contributed by atoms with E-state index in [-0.39, 0.29) is 13.3 Å². The number of hydrogen-bond donors (Lipinski definition) is 0. The summed E-state index contributed by atoms with van der Waals surface area (Å²) in [5.74, 6) is 0. The van der Waals surface area contributed by atoms with Crippen molar-refractivity contribution in [2.24, 2.45) is 0 Å². The Bertz CT molecular complexity index is 402. The smallest absolute Gasteiger partial charge is 0.374 e. The third-order valence-corrected chi connectivity index (χ3v) is 6.58. The van der Waals surface area contributed by atoms with Crippen molar-refractivity contribution in [2.45, 2.75) is 96.6 Å². The van der Waals surface area contributed by atoms with E-state index in [2.05, 4.69) is 15.8 Å². The van der Waals surface area contributed by atoms with Gasteiger partial charge in [-0.3, -0.25) is 0 Å². The quantitative estimate of drug-likeness (QED) is 0.161. The van der Waals surface area contributed by atoms with Gasteiger partial charge in [0.25, 0.3) is 0 Å². The Morgan fingerprint density at radius 3 is 1.59 bits per heavy atom. The summed E-state index contributed by atoms with van der Waals surface area (Å²) in [7, 11) is -4.98. The zero-order chi connectivity index (χ0) is 21.2. The van der Waals surface area contributed by atoms with Gasteiger partial charge >= 0.3 is 27.2 Å². The number of rotatable bonds is 15. The summed E-state index contributed by atoms with van der Waals surface area (Å²) in [6, 6.07) is -0.551. The first-order chi connectivity index (χ1) is 12.3. The van der Waals surface area contributed by atoms with Crippen LogP contribution in [-0.4, -0.2) is 33.8 Å². The van der Waals surface area contributed by atoms with Crippen LogP contribution in [0.5, 0.6) is 0 Å². The van der Waals surface area contributed by atoms with Crippen molar-refractivity contribution in [3.63, 3.8) is 0 Å². The number of unbranched alkanes of at least 4 members (excludes halogenated alkanes) is 7. The molecular weight excluding hydrogens is 401 g/mol. The highest BCUT2D eigenvalue weighted by Gasteiger charge is 2.66. The molecule has 0 amide bonds. The van der Waals surface area contributed by atoms with Gasteiger partial charge in [0.2, 0.25) is 0 Å². The fourth-order valence-electron chi connectivity index (χ4n) is 2.48.